The van der Waals surface area contributed by atoms with E-state index in [1.165, 1.54) is 0 Å². The van der Waals surface area contributed by atoms with E-state index in [0.717, 1.165) is 0 Å². The van der Waals surface area contributed by atoms with Crippen molar-refractivity contribution in [1.82, 2.24) is 0 Å². The Hall–Kier alpha value is -0.990. The second-order valence-electron chi connectivity index (χ2n) is 3.77. The van der Waals surface area contributed by atoms with Crippen molar-refractivity contribution >= 4 is 5.97 Å². The molecule has 0 atom stereocenters. The van der Waals surface area contributed by atoms with Crippen molar-refractivity contribution < 1.29 is 35.1 Å². The van der Waals surface area contributed by atoms with Crippen LogP contribution in [0.15, 0.2) is 12.2 Å². The molecule has 0 aliphatic rings. The smallest absolute Gasteiger partial charge is 0.333 e. The van der Waals surface area contributed by atoms with Crippen LogP contribution in [0.3, 0.4) is 0 Å². The van der Waals surface area contributed by atoms with Crippen LogP contribution in [0, 0.1) is 5.41 Å². The van der Waals surface area contributed by atoms with Crippen molar-refractivity contribution in [3.8, 4) is 0 Å². The molecular formula is C11H22O7. The summed E-state index contributed by atoms with van der Waals surface area (Å²) in [6.07, 6.45) is 0. The zero-order valence-electron chi connectivity index (χ0n) is 10.5. The van der Waals surface area contributed by atoms with E-state index in [4.69, 9.17) is 25.5 Å². The molecule has 0 saturated carbocycles. The van der Waals surface area contributed by atoms with Crippen LogP contribution in [0.5, 0.6) is 0 Å². The van der Waals surface area contributed by atoms with E-state index < -0.39 is 37.8 Å². The lowest BCUT2D eigenvalue weighted by Gasteiger charge is -2.23. The van der Waals surface area contributed by atoms with Gasteiger partial charge < -0.3 is 30.3 Å². The number of hydrogen-bond donors (Lipinski definition) is 5. The molecule has 0 rings (SSSR count). The van der Waals surface area contributed by atoms with E-state index in [0.29, 0.717) is 5.57 Å². The summed E-state index contributed by atoms with van der Waals surface area (Å²) >= 11 is 0. The molecular weight excluding hydrogens is 244 g/mol. The number of esters is 1. The lowest BCUT2D eigenvalue weighted by Crippen LogP contribution is -2.37. The first-order valence-electron chi connectivity index (χ1n) is 5.30. The molecule has 0 fully saturated rings. The zero-order valence-corrected chi connectivity index (χ0v) is 10.5. The maximum atomic E-state index is 10.5. The molecule has 7 nitrogen and oxygen atoms in total. The molecule has 0 aromatic heterocycles. The Bertz CT molecular complexity index is 218. The molecule has 108 valence electrons. The molecule has 0 aromatic carbocycles. The third-order valence-corrected chi connectivity index (χ3v) is 2.01. The molecule has 0 radical (unpaired) electrons. The van der Waals surface area contributed by atoms with Crippen LogP contribution in [-0.4, -0.2) is 71.1 Å². The average Bonchev–Trinajstić information content (AvgIpc) is 2.40. The number of aliphatic hydroxyl groups is 5. The minimum absolute atomic E-state index is 0.0473. The lowest BCUT2D eigenvalue weighted by molar-refractivity contribution is -0.139. The van der Waals surface area contributed by atoms with E-state index >= 15 is 0 Å². The Labute approximate surface area is 106 Å². The summed E-state index contributed by atoms with van der Waals surface area (Å²) in [5, 5.41) is 42.2. The van der Waals surface area contributed by atoms with Gasteiger partial charge in [-0.15, -0.1) is 0 Å². The SMILES string of the molecule is C=C(C)C(=O)OCCO.OCC(CO)(CO)CO. The number of ether oxygens (including phenoxy) is 1. The maximum absolute atomic E-state index is 10.5. The number of hydrogen-bond acceptors (Lipinski definition) is 7. The highest BCUT2D eigenvalue weighted by Gasteiger charge is 2.26. The first-order chi connectivity index (χ1) is 8.42. The Morgan fingerprint density at radius 2 is 1.44 bits per heavy atom. The summed E-state index contributed by atoms with van der Waals surface area (Å²) in [7, 11) is 0. The van der Waals surface area contributed by atoms with Gasteiger partial charge in [0.15, 0.2) is 0 Å². The van der Waals surface area contributed by atoms with Crippen molar-refractivity contribution in [2.75, 3.05) is 39.6 Å². The summed E-state index contributed by atoms with van der Waals surface area (Å²) in [5.74, 6) is -0.455. The highest BCUT2D eigenvalue weighted by Crippen LogP contribution is 2.11. The molecule has 0 spiro atoms. The van der Waals surface area contributed by atoms with Gasteiger partial charge in [-0.3, -0.25) is 0 Å². The summed E-state index contributed by atoms with van der Waals surface area (Å²) in [6.45, 7) is 3.19. The normalized spacial score (nSPS) is 10.3. The van der Waals surface area contributed by atoms with Crippen LogP contribution in [0.1, 0.15) is 6.92 Å². The van der Waals surface area contributed by atoms with E-state index in [-0.39, 0.29) is 13.2 Å². The third kappa shape index (κ3) is 8.15. The van der Waals surface area contributed by atoms with Gasteiger partial charge >= 0.3 is 5.97 Å². The first-order valence-corrected chi connectivity index (χ1v) is 5.30. The van der Waals surface area contributed by atoms with Crippen molar-refractivity contribution in [1.29, 1.82) is 0 Å². The van der Waals surface area contributed by atoms with E-state index in [1.807, 2.05) is 0 Å². The average molecular weight is 266 g/mol. The molecule has 0 unspecified atom stereocenters. The fourth-order valence-corrected chi connectivity index (χ4v) is 0.562. The van der Waals surface area contributed by atoms with E-state index in [2.05, 4.69) is 11.3 Å². The van der Waals surface area contributed by atoms with Crippen LogP contribution < -0.4 is 0 Å². The minimum Gasteiger partial charge on any atom is -0.460 e. The quantitative estimate of drug-likeness (QED) is 0.267. The highest BCUT2D eigenvalue weighted by molar-refractivity contribution is 5.86. The summed E-state index contributed by atoms with van der Waals surface area (Å²) < 4.78 is 4.46. The van der Waals surface area contributed by atoms with Crippen LogP contribution >= 0.6 is 0 Å². The predicted molar refractivity (Wildman–Crippen MR) is 63.6 cm³/mol. The lowest BCUT2D eigenvalue weighted by atomic mass is 9.93. The topological polar surface area (TPSA) is 127 Å². The van der Waals surface area contributed by atoms with Crippen molar-refractivity contribution in [3.05, 3.63) is 12.2 Å². The van der Waals surface area contributed by atoms with E-state index in [1.54, 1.807) is 6.92 Å². The van der Waals surface area contributed by atoms with Gasteiger partial charge in [0, 0.05) is 5.57 Å². The van der Waals surface area contributed by atoms with Crippen LogP contribution in [-0.2, 0) is 9.53 Å². The molecule has 0 aliphatic heterocycles. The summed E-state index contributed by atoms with van der Waals surface area (Å²) in [4.78, 5) is 10.5. The molecule has 18 heavy (non-hydrogen) atoms. The first kappa shape index (κ1) is 19.4. The maximum Gasteiger partial charge on any atom is 0.333 e. The van der Waals surface area contributed by atoms with Gasteiger partial charge in [-0.25, -0.2) is 4.79 Å². The van der Waals surface area contributed by atoms with Crippen LogP contribution in [0.2, 0.25) is 0 Å². The molecule has 7 heteroatoms. The van der Waals surface area contributed by atoms with Gasteiger partial charge in [0.25, 0.3) is 0 Å². The molecule has 5 N–H and O–H groups in total. The molecule has 0 aromatic rings. The van der Waals surface area contributed by atoms with Crippen molar-refractivity contribution in [2.24, 2.45) is 5.41 Å². The number of carbonyl (C=O) groups is 1. The molecule has 0 bridgehead atoms. The number of aliphatic hydroxyl groups excluding tert-OH is 5. The molecule has 0 saturated heterocycles. The summed E-state index contributed by atoms with van der Waals surface area (Å²) in [5.41, 5.74) is -0.761. The Kier molecular flexibility index (Phi) is 12.0. The Morgan fingerprint density at radius 1 is 1.06 bits per heavy atom. The molecule has 0 heterocycles. The van der Waals surface area contributed by atoms with Gasteiger partial charge in [-0.05, 0) is 6.92 Å². The standard InChI is InChI=1S/C6H10O3.C5H12O4/c1-5(2)6(8)9-4-3-7;6-1-5(2-7,3-8)4-9/h7H,1,3-4H2,2H3;6-9H,1-4H2. The molecule has 0 aliphatic carbocycles. The largest absolute Gasteiger partial charge is 0.460 e. The fraction of sp³-hybridized carbons (Fsp3) is 0.727. The predicted octanol–water partition coefficient (Wildman–Crippen LogP) is -1.96. The number of rotatable bonds is 7. The minimum atomic E-state index is -1.11. The monoisotopic (exact) mass is 266 g/mol. The Morgan fingerprint density at radius 3 is 1.61 bits per heavy atom. The number of carbonyl (C=O) groups excluding carboxylic acids is 1. The molecule has 0 amide bonds. The second-order valence-corrected chi connectivity index (χ2v) is 3.77. The van der Waals surface area contributed by atoms with Gasteiger partial charge in [-0.1, -0.05) is 6.58 Å². The summed E-state index contributed by atoms with van der Waals surface area (Å²) in [6, 6.07) is 0. The van der Waals surface area contributed by atoms with E-state index in [9.17, 15) is 4.79 Å². The Balaban J connectivity index is 0. The fourth-order valence-electron chi connectivity index (χ4n) is 0.562. The van der Waals surface area contributed by atoms with Gasteiger partial charge in [0.05, 0.1) is 38.4 Å². The van der Waals surface area contributed by atoms with Crippen LogP contribution in [0.25, 0.3) is 0 Å². The van der Waals surface area contributed by atoms with Gasteiger partial charge in [0.1, 0.15) is 6.61 Å². The van der Waals surface area contributed by atoms with Crippen LogP contribution in [0.4, 0.5) is 0 Å². The van der Waals surface area contributed by atoms with Gasteiger partial charge in [-0.2, -0.15) is 0 Å². The second kappa shape index (κ2) is 11.1. The van der Waals surface area contributed by atoms with Crippen molar-refractivity contribution in [2.45, 2.75) is 6.92 Å². The zero-order chi connectivity index (χ0) is 14.6. The third-order valence-electron chi connectivity index (χ3n) is 2.01. The van der Waals surface area contributed by atoms with Crippen molar-refractivity contribution in [3.63, 3.8) is 0 Å². The highest BCUT2D eigenvalue weighted by atomic mass is 16.5. The van der Waals surface area contributed by atoms with Gasteiger partial charge in [0.2, 0.25) is 0 Å².